The maximum atomic E-state index is 11.3. The Morgan fingerprint density at radius 1 is 1.11 bits per heavy atom. The normalized spacial score (nSPS) is 11.6. The van der Waals surface area contributed by atoms with Crippen LogP contribution in [0.15, 0.2) is 72.0 Å². The maximum Gasteiger partial charge on any atom is 0.238 e. The molecule has 0 amide bonds. The van der Waals surface area contributed by atoms with Crippen molar-refractivity contribution in [2.45, 2.75) is 11.4 Å². The molecule has 0 radical (unpaired) electrons. The summed E-state index contributed by atoms with van der Waals surface area (Å²) in [6, 6.07) is 13.3. The highest BCUT2D eigenvalue weighted by Crippen LogP contribution is 2.26. The lowest BCUT2D eigenvalue weighted by molar-refractivity contribution is 0.475. The zero-order valence-electron chi connectivity index (χ0n) is 14.6. The van der Waals surface area contributed by atoms with Crippen molar-refractivity contribution in [3.8, 4) is 17.0 Å². The number of anilines is 1. The molecule has 0 atom stereocenters. The number of sulfonamides is 1. The minimum Gasteiger partial charge on any atom is -0.508 e. The summed E-state index contributed by atoms with van der Waals surface area (Å²) in [4.78, 5) is 8.86. The largest absolute Gasteiger partial charge is 0.508 e. The van der Waals surface area contributed by atoms with E-state index in [9.17, 15) is 13.5 Å². The van der Waals surface area contributed by atoms with Crippen molar-refractivity contribution in [3.63, 3.8) is 0 Å². The van der Waals surface area contributed by atoms with E-state index in [1.54, 1.807) is 48.9 Å². The molecule has 2 heterocycles. The number of nitrogens with one attached hydrogen (secondary N) is 1. The van der Waals surface area contributed by atoms with Crippen molar-refractivity contribution >= 4 is 21.5 Å². The number of benzene rings is 2. The first kappa shape index (κ1) is 18.0. The molecule has 0 unspecified atom stereocenters. The first-order valence-corrected chi connectivity index (χ1v) is 9.93. The van der Waals surface area contributed by atoms with Crippen LogP contribution in [0, 0.1) is 0 Å². The van der Waals surface area contributed by atoms with E-state index in [0.29, 0.717) is 18.0 Å². The molecule has 2 aromatic heterocycles. The molecule has 0 aliphatic rings. The van der Waals surface area contributed by atoms with Gasteiger partial charge in [-0.1, -0.05) is 24.3 Å². The molecular formula is C19H17N5O3S. The predicted molar refractivity (Wildman–Crippen MR) is 105 cm³/mol. The number of aromatic hydroxyl groups is 1. The van der Waals surface area contributed by atoms with E-state index in [4.69, 9.17) is 5.14 Å². The lowest BCUT2D eigenvalue weighted by Gasteiger charge is -2.08. The van der Waals surface area contributed by atoms with Gasteiger partial charge >= 0.3 is 0 Å². The Bertz CT molecular complexity index is 1250. The SMILES string of the molecule is NS(=O)(=O)c1ccc(CNc2nccn3c(-c4cccc(O)c4)cnc23)cc1. The summed E-state index contributed by atoms with van der Waals surface area (Å²) in [5.74, 6) is 0.771. The van der Waals surface area contributed by atoms with Crippen LogP contribution in [0.3, 0.4) is 0 Å². The monoisotopic (exact) mass is 395 g/mol. The molecule has 4 aromatic rings. The number of nitrogens with two attached hydrogens (primary N) is 1. The Hall–Kier alpha value is -3.43. The summed E-state index contributed by atoms with van der Waals surface area (Å²) in [6.45, 7) is 0.436. The van der Waals surface area contributed by atoms with Crippen molar-refractivity contribution < 1.29 is 13.5 Å². The third kappa shape index (κ3) is 3.53. The third-order valence-corrected chi connectivity index (χ3v) is 5.21. The van der Waals surface area contributed by atoms with Gasteiger partial charge in [0.05, 0.1) is 16.8 Å². The first-order valence-electron chi connectivity index (χ1n) is 8.39. The quantitative estimate of drug-likeness (QED) is 0.477. The van der Waals surface area contributed by atoms with Gasteiger partial charge in [0, 0.05) is 24.5 Å². The summed E-state index contributed by atoms with van der Waals surface area (Å²) in [7, 11) is -3.71. The summed E-state index contributed by atoms with van der Waals surface area (Å²) >= 11 is 0. The van der Waals surface area contributed by atoms with E-state index < -0.39 is 10.0 Å². The van der Waals surface area contributed by atoms with Gasteiger partial charge in [0.1, 0.15) is 5.75 Å². The fraction of sp³-hybridized carbons (Fsp3) is 0.0526. The minimum absolute atomic E-state index is 0.0699. The summed E-state index contributed by atoms with van der Waals surface area (Å²) in [6.07, 6.45) is 5.18. The van der Waals surface area contributed by atoms with Gasteiger partial charge in [-0.25, -0.2) is 23.5 Å². The molecule has 0 bridgehead atoms. The number of fused-ring (bicyclic) bond motifs is 1. The van der Waals surface area contributed by atoms with E-state index in [1.165, 1.54) is 12.1 Å². The Balaban J connectivity index is 1.60. The molecule has 0 aliphatic heterocycles. The van der Waals surface area contributed by atoms with E-state index in [2.05, 4.69) is 15.3 Å². The van der Waals surface area contributed by atoms with Crippen LogP contribution < -0.4 is 10.5 Å². The number of phenolic OH excluding ortho intramolecular Hbond substituents is 1. The summed E-state index contributed by atoms with van der Waals surface area (Å²) < 4.78 is 24.6. The van der Waals surface area contributed by atoms with Crippen LogP contribution in [-0.2, 0) is 16.6 Å². The van der Waals surface area contributed by atoms with Crippen LogP contribution in [-0.4, -0.2) is 27.9 Å². The van der Waals surface area contributed by atoms with Crippen molar-refractivity contribution in [1.29, 1.82) is 0 Å². The average molecular weight is 395 g/mol. The Morgan fingerprint density at radius 3 is 2.61 bits per heavy atom. The number of aromatic nitrogens is 3. The van der Waals surface area contributed by atoms with E-state index in [-0.39, 0.29) is 10.6 Å². The molecule has 0 aliphatic carbocycles. The highest BCUT2D eigenvalue weighted by molar-refractivity contribution is 7.89. The van der Waals surface area contributed by atoms with Gasteiger partial charge in [0.25, 0.3) is 0 Å². The molecule has 0 saturated heterocycles. The van der Waals surface area contributed by atoms with Gasteiger partial charge in [-0.3, -0.25) is 4.40 Å². The lowest BCUT2D eigenvalue weighted by Crippen LogP contribution is -2.12. The van der Waals surface area contributed by atoms with Gasteiger partial charge in [-0.05, 0) is 29.8 Å². The molecule has 0 fully saturated rings. The zero-order chi connectivity index (χ0) is 19.7. The molecule has 2 aromatic carbocycles. The smallest absolute Gasteiger partial charge is 0.238 e. The highest BCUT2D eigenvalue weighted by atomic mass is 32.2. The second kappa shape index (κ2) is 6.95. The highest BCUT2D eigenvalue weighted by Gasteiger charge is 2.11. The summed E-state index contributed by atoms with van der Waals surface area (Å²) in [5, 5.41) is 18.0. The number of hydrogen-bond donors (Lipinski definition) is 3. The topological polar surface area (TPSA) is 123 Å². The first-order chi connectivity index (χ1) is 13.4. The summed E-state index contributed by atoms with van der Waals surface area (Å²) in [5.41, 5.74) is 3.18. The molecule has 8 nitrogen and oxygen atoms in total. The van der Waals surface area contributed by atoms with Crippen LogP contribution in [0.4, 0.5) is 5.82 Å². The number of primary sulfonamides is 1. The number of imidazole rings is 1. The molecule has 0 saturated carbocycles. The Morgan fingerprint density at radius 2 is 1.89 bits per heavy atom. The van der Waals surface area contributed by atoms with Gasteiger partial charge in [-0.2, -0.15) is 0 Å². The van der Waals surface area contributed by atoms with Crippen LogP contribution in [0.25, 0.3) is 16.9 Å². The zero-order valence-corrected chi connectivity index (χ0v) is 15.5. The minimum atomic E-state index is -3.71. The molecule has 142 valence electrons. The number of phenols is 1. The fourth-order valence-corrected chi connectivity index (χ4v) is 3.42. The molecular weight excluding hydrogens is 378 g/mol. The second-order valence-electron chi connectivity index (χ2n) is 6.21. The lowest BCUT2D eigenvalue weighted by atomic mass is 10.1. The molecule has 0 spiro atoms. The molecule has 4 rings (SSSR count). The van der Waals surface area contributed by atoms with Crippen molar-refractivity contribution in [2.24, 2.45) is 5.14 Å². The van der Waals surface area contributed by atoms with Gasteiger partial charge in [0.15, 0.2) is 11.5 Å². The standard InChI is InChI=1S/C19H17N5O3S/c20-28(26,27)16-6-4-13(5-7-16)11-22-18-19-23-12-17(24(19)9-8-21-18)14-2-1-3-15(25)10-14/h1-10,12,25H,11H2,(H,21,22)(H2,20,26,27). The molecule has 9 heteroatoms. The number of hydrogen-bond acceptors (Lipinski definition) is 6. The maximum absolute atomic E-state index is 11.3. The van der Waals surface area contributed by atoms with Crippen LogP contribution in [0.1, 0.15) is 5.56 Å². The third-order valence-electron chi connectivity index (χ3n) is 4.28. The van der Waals surface area contributed by atoms with E-state index >= 15 is 0 Å². The number of rotatable bonds is 5. The predicted octanol–water partition coefficient (Wildman–Crippen LogP) is 2.36. The van der Waals surface area contributed by atoms with Crippen molar-refractivity contribution in [2.75, 3.05) is 5.32 Å². The number of nitrogens with zero attached hydrogens (tertiary/aromatic N) is 3. The fourth-order valence-electron chi connectivity index (χ4n) is 2.91. The average Bonchev–Trinajstić information content (AvgIpc) is 3.11. The van der Waals surface area contributed by atoms with Crippen LogP contribution in [0.5, 0.6) is 5.75 Å². The Labute approximate surface area is 161 Å². The van der Waals surface area contributed by atoms with Gasteiger partial charge in [-0.15, -0.1) is 0 Å². The second-order valence-corrected chi connectivity index (χ2v) is 7.77. The Kier molecular flexibility index (Phi) is 4.46. The van der Waals surface area contributed by atoms with E-state index in [0.717, 1.165) is 16.8 Å². The van der Waals surface area contributed by atoms with Crippen molar-refractivity contribution in [1.82, 2.24) is 14.4 Å². The molecule has 28 heavy (non-hydrogen) atoms. The molecule has 4 N–H and O–H groups in total. The van der Waals surface area contributed by atoms with Crippen LogP contribution >= 0.6 is 0 Å². The van der Waals surface area contributed by atoms with Crippen LogP contribution in [0.2, 0.25) is 0 Å². The van der Waals surface area contributed by atoms with Gasteiger partial charge in [0.2, 0.25) is 10.0 Å². The van der Waals surface area contributed by atoms with Crippen molar-refractivity contribution in [3.05, 3.63) is 72.7 Å². The van der Waals surface area contributed by atoms with E-state index in [1.807, 2.05) is 10.5 Å². The van der Waals surface area contributed by atoms with Gasteiger partial charge < -0.3 is 10.4 Å².